The summed E-state index contributed by atoms with van der Waals surface area (Å²) in [5, 5.41) is 3.39. The van der Waals surface area contributed by atoms with Crippen LogP contribution in [0.3, 0.4) is 0 Å². The van der Waals surface area contributed by atoms with Gasteiger partial charge in [0.2, 0.25) is 5.91 Å². The van der Waals surface area contributed by atoms with E-state index in [9.17, 15) is 13.4 Å². The zero-order valence-corrected chi connectivity index (χ0v) is 19.0. The largest absolute Gasteiger partial charge is 0.302 e. The quantitative estimate of drug-likeness (QED) is 0.541. The number of thiazole rings is 1. The van der Waals surface area contributed by atoms with Gasteiger partial charge in [0.25, 0.3) is 0 Å². The van der Waals surface area contributed by atoms with Crippen molar-refractivity contribution in [3.05, 3.63) is 81.6 Å². The Morgan fingerprint density at radius 3 is 2.55 bits per heavy atom. The molecule has 1 aromatic heterocycles. The van der Waals surface area contributed by atoms with Crippen LogP contribution >= 0.6 is 11.3 Å². The van der Waals surface area contributed by atoms with Crippen LogP contribution in [-0.2, 0) is 15.6 Å². The van der Waals surface area contributed by atoms with E-state index in [0.29, 0.717) is 5.13 Å². The van der Waals surface area contributed by atoms with Crippen molar-refractivity contribution in [2.45, 2.75) is 25.2 Å². The van der Waals surface area contributed by atoms with Gasteiger partial charge in [-0.3, -0.25) is 9.00 Å². The molecule has 0 fully saturated rings. The highest BCUT2D eigenvalue weighted by Gasteiger charge is 2.26. The van der Waals surface area contributed by atoms with Gasteiger partial charge < -0.3 is 5.32 Å². The summed E-state index contributed by atoms with van der Waals surface area (Å²) in [7, 11) is -1.04. The summed E-state index contributed by atoms with van der Waals surface area (Å²) in [6.07, 6.45) is 5.51. The zero-order valence-electron chi connectivity index (χ0n) is 17.4. The topological polar surface area (TPSA) is 59.1 Å². The smallest absolute Gasteiger partial charge is 0.230 e. The van der Waals surface area contributed by atoms with Crippen molar-refractivity contribution in [2.75, 3.05) is 11.6 Å². The number of aromatic nitrogens is 1. The Balaban J connectivity index is 1.68. The first kappa shape index (κ1) is 21.3. The predicted octanol–water partition coefficient (Wildman–Crippen LogP) is 5.68. The number of allylic oxidation sites excluding steroid dienone is 2. The van der Waals surface area contributed by atoms with E-state index in [1.807, 2.05) is 44.2 Å². The Labute approximate surface area is 187 Å². The first-order valence-electron chi connectivity index (χ1n) is 9.69. The second-order valence-corrected chi connectivity index (χ2v) is 9.99. The molecular weight excluding hydrogens is 431 g/mol. The predicted molar refractivity (Wildman–Crippen MR) is 126 cm³/mol. The number of halogens is 1. The molecule has 1 N–H and O–H groups in total. The fraction of sp³-hybridized carbons (Fsp3) is 0.167. The Bertz CT molecular complexity index is 1260. The highest BCUT2D eigenvalue weighted by Crippen LogP contribution is 2.44. The molecule has 0 saturated heterocycles. The van der Waals surface area contributed by atoms with E-state index in [0.717, 1.165) is 43.2 Å². The van der Waals surface area contributed by atoms with Crippen LogP contribution in [-0.4, -0.2) is 21.4 Å². The minimum atomic E-state index is -1.04. The average Bonchev–Trinajstić information content (AvgIpc) is 3.24. The second-order valence-electron chi connectivity index (χ2n) is 7.38. The number of carbonyl (C=O) groups excluding carboxylic acids is 1. The van der Waals surface area contributed by atoms with Crippen molar-refractivity contribution < 1.29 is 13.4 Å². The van der Waals surface area contributed by atoms with Crippen molar-refractivity contribution >= 4 is 50.4 Å². The summed E-state index contributed by atoms with van der Waals surface area (Å²) in [6.45, 7) is 3.88. The maximum absolute atomic E-state index is 14.0. The monoisotopic (exact) mass is 452 g/mol. The van der Waals surface area contributed by atoms with E-state index in [4.69, 9.17) is 0 Å². The van der Waals surface area contributed by atoms with E-state index in [1.165, 1.54) is 23.5 Å². The maximum Gasteiger partial charge on any atom is 0.230 e. The van der Waals surface area contributed by atoms with Crippen LogP contribution in [0.4, 0.5) is 9.52 Å². The summed E-state index contributed by atoms with van der Waals surface area (Å²) in [4.78, 5) is 18.6. The van der Waals surface area contributed by atoms with Crippen molar-refractivity contribution in [2.24, 2.45) is 0 Å². The minimum Gasteiger partial charge on any atom is -0.302 e. The Hall–Kier alpha value is -2.90. The van der Waals surface area contributed by atoms with Crippen LogP contribution in [0, 0.1) is 12.7 Å². The first-order chi connectivity index (χ1) is 14.8. The third kappa shape index (κ3) is 4.57. The average molecular weight is 453 g/mol. The van der Waals surface area contributed by atoms with Crippen LogP contribution in [0.15, 0.2) is 59.1 Å². The molecule has 0 bridgehead atoms. The third-order valence-electron chi connectivity index (χ3n) is 5.18. The van der Waals surface area contributed by atoms with Crippen LogP contribution in [0.25, 0.3) is 17.2 Å². The summed E-state index contributed by atoms with van der Waals surface area (Å²) < 4.78 is 25.7. The molecule has 1 heterocycles. The van der Waals surface area contributed by atoms with Crippen molar-refractivity contribution in [1.82, 2.24) is 4.98 Å². The molecule has 0 spiro atoms. The molecule has 0 saturated carbocycles. The number of fused-ring (bicyclic) bond motifs is 1. The van der Waals surface area contributed by atoms with Gasteiger partial charge in [-0.15, -0.1) is 11.3 Å². The molecule has 4 rings (SSSR count). The second kappa shape index (κ2) is 8.69. The number of hydrogen-bond donors (Lipinski definition) is 1. The molecule has 0 aliphatic heterocycles. The summed E-state index contributed by atoms with van der Waals surface area (Å²) in [5.41, 5.74) is 5.28. The number of benzene rings is 2. The van der Waals surface area contributed by atoms with Crippen LogP contribution in [0.1, 0.15) is 34.9 Å². The van der Waals surface area contributed by atoms with E-state index in [1.54, 1.807) is 18.5 Å². The number of carbonyl (C=O) groups is 1. The fourth-order valence-electron chi connectivity index (χ4n) is 3.64. The summed E-state index contributed by atoms with van der Waals surface area (Å²) in [5.74, 6) is -0.522. The number of rotatable bonds is 5. The third-order valence-corrected chi connectivity index (χ3v) is 6.95. The normalized spacial score (nSPS) is 15.3. The molecule has 1 atom stereocenters. The molecule has 1 unspecified atom stereocenters. The number of aryl methyl sites for hydroxylation is 1. The van der Waals surface area contributed by atoms with Gasteiger partial charge >= 0.3 is 0 Å². The van der Waals surface area contributed by atoms with Crippen molar-refractivity contribution in [1.29, 1.82) is 0 Å². The van der Waals surface area contributed by atoms with Gasteiger partial charge in [-0.2, -0.15) is 0 Å². The molecule has 2 aromatic carbocycles. The SMILES string of the molecule is CC1=C(CC(=O)Nc2ncc(C)s2)c2cc(F)ccc2C1=Cc1ccc(S(C)=O)cc1. The lowest BCUT2D eigenvalue weighted by Crippen LogP contribution is -2.11. The molecule has 158 valence electrons. The standard InChI is InChI=1S/C24H21FN2O2S2/c1-14-13-26-24(30-14)27-23(28)12-21-15(2)20(19-9-6-17(25)11-22(19)21)10-16-4-7-18(8-5-16)31(3)29/h4-11,13H,12H2,1-3H3,(H,26,27,28). The Kier molecular flexibility index (Phi) is 5.98. The van der Waals surface area contributed by atoms with E-state index < -0.39 is 10.8 Å². The number of nitrogens with zero attached hydrogens (tertiary/aromatic N) is 1. The molecule has 1 aliphatic rings. The summed E-state index contributed by atoms with van der Waals surface area (Å²) in [6, 6.07) is 12.2. The number of hydrogen-bond acceptors (Lipinski definition) is 4. The molecule has 0 radical (unpaired) electrons. The lowest BCUT2D eigenvalue weighted by Gasteiger charge is -2.06. The van der Waals surface area contributed by atoms with Gasteiger partial charge in [0.05, 0.1) is 6.42 Å². The maximum atomic E-state index is 14.0. The number of anilines is 1. The Morgan fingerprint density at radius 2 is 1.90 bits per heavy atom. The highest BCUT2D eigenvalue weighted by atomic mass is 32.2. The lowest BCUT2D eigenvalue weighted by molar-refractivity contribution is -0.115. The first-order valence-corrected chi connectivity index (χ1v) is 12.1. The molecule has 3 aromatic rings. The van der Waals surface area contributed by atoms with Gasteiger partial charge in [-0.1, -0.05) is 18.2 Å². The lowest BCUT2D eigenvalue weighted by atomic mass is 10.0. The van der Waals surface area contributed by atoms with Crippen LogP contribution in [0.2, 0.25) is 0 Å². The fourth-order valence-corrected chi connectivity index (χ4v) is 4.84. The van der Waals surface area contributed by atoms with Gasteiger partial charge in [0.1, 0.15) is 5.82 Å². The molecular formula is C24H21FN2O2S2. The van der Waals surface area contributed by atoms with Gasteiger partial charge in [-0.05, 0) is 77.6 Å². The number of nitrogens with one attached hydrogen (secondary N) is 1. The van der Waals surface area contributed by atoms with Gasteiger partial charge in [-0.25, -0.2) is 9.37 Å². The van der Waals surface area contributed by atoms with Crippen LogP contribution < -0.4 is 5.32 Å². The van der Waals surface area contributed by atoms with E-state index >= 15 is 0 Å². The van der Waals surface area contributed by atoms with Gasteiger partial charge in [0.15, 0.2) is 5.13 Å². The number of amides is 1. The highest BCUT2D eigenvalue weighted by molar-refractivity contribution is 7.84. The van der Waals surface area contributed by atoms with E-state index in [-0.39, 0.29) is 18.1 Å². The molecule has 1 aliphatic carbocycles. The van der Waals surface area contributed by atoms with Crippen molar-refractivity contribution in [3.8, 4) is 0 Å². The minimum absolute atomic E-state index is 0.131. The van der Waals surface area contributed by atoms with Crippen LogP contribution in [0.5, 0.6) is 0 Å². The van der Waals surface area contributed by atoms with Gasteiger partial charge in [0, 0.05) is 33.0 Å². The molecule has 7 heteroatoms. The zero-order chi connectivity index (χ0) is 22.1. The Morgan fingerprint density at radius 1 is 1.16 bits per heavy atom. The molecule has 1 amide bonds. The summed E-state index contributed by atoms with van der Waals surface area (Å²) >= 11 is 1.42. The molecule has 31 heavy (non-hydrogen) atoms. The van der Waals surface area contributed by atoms with Crippen molar-refractivity contribution in [3.63, 3.8) is 0 Å². The molecule has 4 nitrogen and oxygen atoms in total. The van der Waals surface area contributed by atoms with E-state index in [2.05, 4.69) is 10.3 Å².